The quantitative estimate of drug-likeness (QED) is 0.516. The number of amides is 2. The Balaban J connectivity index is 1.61. The molecule has 9 heteroatoms. The number of carbonyl (C=O) groups is 2. The van der Waals surface area contributed by atoms with E-state index in [9.17, 15) is 9.59 Å². The number of anilines is 1. The van der Waals surface area contributed by atoms with Crippen molar-refractivity contribution in [1.82, 2.24) is 24.2 Å². The van der Waals surface area contributed by atoms with Crippen LogP contribution >= 0.6 is 0 Å². The zero-order valence-electron chi connectivity index (χ0n) is 16.7. The molecule has 4 rings (SSSR count). The minimum Gasteiger partial charge on any atom is -0.320 e. The monoisotopic (exact) mass is 404 g/mol. The summed E-state index contributed by atoms with van der Waals surface area (Å²) in [6.07, 6.45) is 5.09. The maximum absolute atomic E-state index is 12.9. The number of nitrogens with one attached hydrogen (secondary N) is 1. The lowest BCUT2D eigenvalue weighted by atomic mass is 10.2. The number of hydrogen-bond acceptors (Lipinski definition) is 5. The number of hydroxylamine groups is 2. The average Bonchev–Trinajstić information content (AvgIpc) is 3.36. The average molecular weight is 404 g/mol. The second kappa shape index (κ2) is 7.80. The van der Waals surface area contributed by atoms with E-state index in [-0.39, 0.29) is 11.3 Å². The van der Waals surface area contributed by atoms with Crippen molar-refractivity contribution in [3.8, 4) is 11.3 Å². The van der Waals surface area contributed by atoms with Crippen LogP contribution in [-0.2, 0) is 11.9 Å². The van der Waals surface area contributed by atoms with Gasteiger partial charge in [-0.2, -0.15) is 5.10 Å². The molecule has 0 spiro atoms. The summed E-state index contributed by atoms with van der Waals surface area (Å²) in [5.41, 5.74) is 3.36. The van der Waals surface area contributed by atoms with E-state index < -0.39 is 11.8 Å². The number of carbonyl (C=O) groups excluding carboxylic acids is 2. The predicted molar refractivity (Wildman–Crippen MR) is 111 cm³/mol. The highest BCUT2D eigenvalue weighted by Crippen LogP contribution is 2.21. The first-order valence-corrected chi connectivity index (χ1v) is 9.17. The number of rotatable bonds is 5. The Morgan fingerprint density at radius 2 is 1.93 bits per heavy atom. The Labute approximate surface area is 172 Å². The van der Waals surface area contributed by atoms with Crippen LogP contribution in [0.5, 0.6) is 0 Å². The van der Waals surface area contributed by atoms with E-state index in [1.807, 2.05) is 47.1 Å². The summed E-state index contributed by atoms with van der Waals surface area (Å²) in [4.78, 5) is 34.9. The maximum Gasteiger partial charge on any atom is 0.281 e. The smallest absolute Gasteiger partial charge is 0.281 e. The van der Waals surface area contributed by atoms with Crippen LogP contribution in [0, 0.1) is 0 Å². The van der Waals surface area contributed by atoms with Gasteiger partial charge in [0.2, 0.25) is 0 Å². The molecule has 2 amide bonds. The van der Waals surface area contributed by atoms with E-state index in [1.54, 1.807) is 19.2 Å². The third-order valence-corrected chi connectivity index (χ3v) is 4.73. The minimum atomic E-state index is -0.466. The lowest BCUT2D eigenvalue weighted by molar-refractivity contribution is -0.0757. The van der Waals surface area contributed by atoms with Crippen molar-refractivity contribution in [3.05, 3.63) is 72.3 Å². The van der Waals surface area contributed by atoms with Crippen LogP contribution in [0.25, 0.3) is 16.9 Å². The number of benzene rings is 1. The molecule has 0 radical (unpaired) electrons. The van der Waals surface area contributed by atoms with Gasteiger partial charge in [0, 0.05) is 43.8 Å². The molecule has 0 aliphatic rings. The first kappa shape index (κ1) is 19.3. The van der Waals surface area contributed by atoms with Crippen LogP contribution in [-0.4, -0.2) is 50.2 Å². The van der Waals surface area contributed by atoms with Gasteiger partial charge < -0.3 is 9.72 Å². The van der Waals surface area contributed by atoms with Gasteiger partial charge in [0.15, 0.2) is 0 Å². The van der Waals surface area contributed by atoms with Crippen LogP contribution in [0.2, 0.25) is 0 Å². The highest BCUT2D eigenvalue weighted by molar-refractivity contribution is 6.10. The SMILES string of the molecule is CON(C)C(=O)c1cnn(C)c1C(=O)Nc1ccn2cc(-c3ccccc3)nc2c1. The molecule has 0 aliphatic heterocycles. The summed E-state index contributed by atoms with van der Waals surface area (Å²) < 4.78 is 3.23. The van der Waals surface area contributed by atoms with Gasteiger partial charge in [0.05, 0.1) is 24.6 Å². The van der Waals surface area contributed by atoms with E-state index in [2.05, 4.69) is 15.4 Å². The van der Waals surface area contributed by atoms with Crippen molar-refractivity contribution >= 4 is 23.1 Å². The Bertz CT molecular complexity index is 1230. The lowest BCUT2D eigenvalue weighted by Crippen LogP contribution is -2.28. The van der Waals surface area contributed by atoms with Gasteiger partial charge in [-0.25, -0.2) is 10.0 Å². The number of hydrogen-bond donors (Lipinski definition) is 1. The zero-order chi connectivity index (χ0) is 21.3. The number of fused-ring (bicyclic) bond motifs is 1. The molecule has 0 unspecified atom stereocenters. The molecule has 0 bridgehead atoms. The molecule has 0 saturated carbocycles. The molecule has 30 heavy (non-hydrogen) atoms. The van der Waals surface area contributed by atoms with Gasteiger partial charge in [-0.1, -0.05) is 30.3 Å². The number of aryl methyl sites for hydroxylation is 1. The highest BCUT2D eigenvalue weighted by atomic mass is 16.7. The van der Waals surface area contributed by atoms with E-state index in [4.69, 9.17) is 4.84 Å². The molecule has 3 aromatic heterocycles. The summed E-state index contributed by atoms with van der Waals surface area (Å²) in [6, 6.07) is 13.4. The van der Waals surface area contributed by atoms with Gasteiger partial charge in [0.25, 0.3) is 11.8 Å². The van der Waals surface area contributed by atoms with Crippen molar-refractivity contribution in [3.63, 3.8) is 0 Å². The van der Waals surface area contributed by atoms with Gasteiger partial charge in [0.1, 0.15) is 11.3 Å². The molecule has 0 fully saturated rings. The van der Waals surface area contributed by atoms with Crippen LogP contribution in [0.1, 0.15) is 20.8 Å². The van der Waals surface area contributed by atoms with Crippen molar-refractivity contribution in [1.29, 1.82) is 0 Å². The minimum absolute atomic E-state index is 0.136. The fourth-order valence-electron chi connectivity index (χ4n) is 3.11. The van der Waals surface area contributed by atoms with Gasteiger partial charge in [-0.05, 0) is 6.07 Å². The number of aromatic nitrogens is 4. The Morgan fingerprint density at radius 1 is 1.17 bits per heavy atom. The second-order valence-corrected chi connectivity index (χ2v) is 6.64. The molecule has 0 aliphatic carbocycles. The molecular formula is C21H20N6O3. The number of nitrogens with zero attached hydrogens (tertiary/aromatic N) is 5. The van der Waals surface area contributed by atoms with E-state index >= 15 is 0 Å². The molecule has 0 atom stereocenters. The molecule has 1 N–H and O–H groups in total. The second-order valence-electron chi connectivity index (χ2n) is 6.64. The molecule has 3 heterocycles. The summed E-state index contributed by atoms with van der Waals surface area (Å²) in [7, 11) is 4.44. The third kappa shape index (κ3) is 3.53. The van der Waals surface area contributed by atoms with E-state index in [0.29, 0.717) is 11.3 Å². The van der Waals surface area contributed by atoms with Gasteiger partial charge >= 0.3 is 0 Å². The fraction of sp³-hybridized carbons (Fsp3) is 0.143. The molecule has 9 nitrogen and oxygen atoms in total. The maximum atomic E-state index is 12.9. The van der Waals surface area contributed by atoms with Gasteiger partial charge in [-0.15, -0.1) is 0 Å². The number of imidazole rings is 1. The van der Waals surface area contributed by atoms with Crippen LogP contribution in [0.3, 0.4) is 0 Å². The Morgan fingerprint density at radius 3 is 2.67 bits per heavy atom. The van der Waals surface area contributed by atoms with Crippen LogP contribution in [0.4, 0.5) is 5.69 Å². The number of pyridine rings is 1. The molecule has 0 saturated heterocycles. The van der Waals surface area contributed by atoms with E-state index in [1.165, 1.54) is 25.0 Å². The topological polar surface area (TPSA) is 93.8 Å². The molecule has 1 aromatic carbocycles. The summed E-state index contributed by atoms with van der Waals surface area (Å²) in [6.45, 7) is 0. The highest BCUT2D eigenvalue weighted by Gasteiger charge is 2.24. The molecule has 152 valence electrons. The van der Waals surface area contributed by atoms with Crippen LogP contribution in [0.15, 0.2) is 61.1 Å². The zero-order valence-corrected chi connectivity index (χ0v) is 16.7. The first-order valence-electron chi connectivity index (χ1n) is 9.17. The summed E-state index contributed by atoms with van der Waals surface area (Å²) in [5.74, 6) is -0.922. The predicted octanol–water partition coefficient (Wildman–Crippen LogP) is 2.62. The van der Waals surface area contributed by atoms with Crippen LogP contribution < -0.4 is 5.32 Å². The standard InChI is InChI=1S/C21H20N6O3/c1-25-19(16(12-22-25)21(29)26(2)30-3)20(28)23-15-9-10-27-13-17(24-18(27)11-15)14-7-5-4-6-8-14/h4-13H,1-3H3,(H,23,28). The summed E-state index contributed by atoms with van der Waals surface area (Å²) >= 11 is 0. The normalized spacial score (nSPS) is 10.9. The van der Waals surface area contributed by atoms with Crippen molar-refractivity contribution < 1.29 is 14.4 Å². The first-order chi connectivity index (χ1) is 14.5. The van der Waals surface area contributed by atoms with Gasteiger partial charge in [-0.3, -0.25) is 19.1 Å². The fourth-order valence-corrected chi connectivity index (χ4v) is 3.11. The van der Waals surface area contributed by atoms with Crippen molar-refractivity contribution in [2.75, 3.05) is 19.5 Å². The Hall–Kier alpha value is -3.98. The molecular weight excluding hydrogens is 384 g/mol. The lowest BCUT2D eigenvalue weighted by Gasteiger charge is -2.14. The van der Waals surface area contributed by atoms with E-state index in [0.717, 1.165) is 16.3 Å². The Kier molecular flexibility index (Phi) is 5.03. The largest absolute Gasteiger partial charge is 0.320 e. The molecule has 4 aromatic rings. The third-order valence-electron chi connectivity index (χ3n) is 4.73. The summed E-state index contributed by atoms with van der Waals surface area (Å²) in [5, 5.41) is 7.89. The van der Waals surface area contributed by atoms with Crippen molar-refractivity contribution in [2.24, 2.45) is 7.05 Å². The van der Waals surface area contributed by atoms with Crippen molar-refractivity contribution in [2.45, 2.75) is 0 Å².